The van der Waals surface area contributed by atoms with E-state index in [2.05, 4.69) is 30.7 Å². The minimum absolute atomic E-state index is 0.313. The second kappa shape index (κ2) is 9.72. The fraction of sp³-hybridized carbons (Fsp3) is 0.389. The number of methoxy groups -OCH3 is 1. The van der Waals surface area contributed by atoms with Crippen molar-refractivity contribution in [2.75, 3.05) is 38.8 Å². The summed E-state index contributed by atoms with van der Waals surface area (Å²) in [7, 11) is 1.64. The van der Waals surface area contributed by atoms with Gasteiger partial charge in [0.25, 0.3) is 0 Å². The minimum Gasteiger partial charge on any atom is -0.382 e. The second-order valence-corrected chi connectivity index (χ2v) is 5.88. The zero-order valence-corrected chi connectivity index (χ0v) is 15.9. The summed E-state index contributed by atoms with van der Waals surface area (Å²) in [6.07, 6.45) is 5.28. The van der Waals surface area contributed by atoms with Gasteiger partial charge in [-0.1, -0.05) is 0 Å². The van der Waals surface area contributed by atoms with Crippen LogP contribution in [0.25, 0.3) is 22.4 Å². The molecule has 0 aliphatic carbocycles. The Bertz CT molecular complexity index is 928. The molecular formula is C18H23N7O3. The lowest BCUT2D eigenvalue weighted by Gasteiger charge is -2.06. The number of hydrogen-bond donors (Lipinski definition) is 2. The molecule has 28 heavy (non-hydrogen) atoms. The molecular weight excluding hydrogens is 362 g/mol. The molecule has 0 saturated carbocycles. The smallest absolute Gasteiger partial charge is 0.320 e. The van der Waals surface area contributed by atoms with E-state index in [9.17, 15) is 4.79 Å². The van der Waals surface area contributed by atoms with E-state index in [-0.39, 0.29) is 6.03 Å². The zero-order valence-electron chi connectivity index (χ0n) is 15.9. The largest absolute Gasteiger partial charge is 0.382 e. The van der Waals surface area contributed by atoms with Gasteiger partial charge in [-0.25, -0.2) is 14.8 Å². The van der Waals surface area contributed by atoms with Crippen molar-refractivity contribution < 1.29 is 14.3 Å². The molecule has 0 radical (unpaired) electrons. The molecule has 3 aromatic rings. The Morgan fingerprint density at radius 1 is 1.18 bits per heavy atom. The fourth-order valence-corrected chi connectivity index (χ4v) is 2.45. The summed E-state index contributed by atoms with van der Waals surface area (Å²) >= 11 is 0. The number of rotatable bonds is 9. The highest BCUT2D eigenvalue weighted by Gasteiger charge is 2.08. The fourth-order valence-electron chi connectivity index (χ4n) is 2.45. The van der Waals surface area contributed by atoms with Crippen molar-refractivity contribution >= 4 is 23.0 Å². The predicted octanol–water partition coefficient (Wildman–Crippen LogP) is 1.69. The minimum atomic E-state index is -0.313. The van der Waals surface area contributed by atoms with Crippen molar-refractivity contribution in [3.63, 3.8) is 0 Å². The van der Waals surface area contributed by atoms with Crippen molar-refractivity contribution in [1.82, 2.24) is 30.0 Å². The van der Waals surface area contributed by atoms with Gasteiger partial charge >= 0.3 is 6.03 Å². The van der Waals surface area contributed by atoms with Crippen LogP contribution in [0.5, 0.6) is 0 Å². The van der Waals surface area contributed by atoms with Crippen LogP contribution >= 0.6 is 0 Å². The molecule has 0 saturated heterocycles. The van der Waals surface area contributed by atoms with Gasteiger partial charge in [0.2, 0.25) is 0 Å². The molecule has 2 amide bonds. The Hall–Kier alpha value is -3.11. The van der Waals surface area contributed by atoms with Crippen LogP contribution in [0.1, 0.15) is 6.92 Å². The average molecular weight is 385 g/mol. The standard InChI is InChI=1S/C18H23N7O3/c1-3-19-18(26)24-16-5-4-14-17(23-16)22-15(11-20-14)13-10-21-25(12-13)6-7-28-9-8-27-2/h4-5,10-12H,3,6-9H2,1-2H3,(H2,19,22,23,24,26). The first-order chi connectivity index (χ1) is 13.7. The highest BCUT2D eigenvalue weighted by molar-refractivity contribution is 5.89. The number of aromatic nitrogens is 5. The van der Waals surface area contributed by atoms with Crippen LogP contribution in [-0.2, 0) is 16.0 Å². The predicted molar refractivity (Wildman–Crippen MR) is 104 cm³/mol. The molecule has 0 aliphatic heterocycles. The first-order valence-corrected chi connectivity index (χ1v) is 8.97. The first-order valence-electron chi connectivity index (χ1n) is 8.97. The number of ether oxygens (including phenoxy) is 2. The summed E-state index contributed by atoms with van der Waals surface area (Å²) in [6, 6.07) is 3.14. The molecule has 3 rings (SSSR count). The molecule has 148 valence electrons. The van der Waals surface area contributed by atoms with Crippen LogP contribution in [0, 0.1) is 0 Å². The number of nitrogens with zero attached hydrogens (tertiary/aromatic N) is 5. The van der Waals surface area contributed by atoms with Gasteiger partial charge in [-0.15, -0.1) is 0 Å². The molecule has 3 heterocycles. The summed E-state index contributed by atoms with van der Waals surface area (Å²) in [5.41, 5.74) is 2.57. The third kappa shape index (κ3) is 5.21. The summed E-state index contributed by atoms with van der Waals surface area (Å²) in [5.74, 6) is 0.411. The monoisotopic (exact) mass is 385 g/mol. The van der Waals surface area contributed by atoms with Crippen molar-refractivity contribution in [3.05, 3.63) is 30.7 Å². The Kier molecular flexibility index (Phi) is 6.82. The van der Waals surface area contributed by atoms with Crippen molar-refractivity contribution in [2.45, 2.75) is 13.5 Å². The van der Waals surface area contributed by atoms with E-state index in [1.165, 1.54) is 0 Å². The van der Waals surface area contributed by atoms with E-state index in [0.717, 1.165) is 5.56 Å². The van der Waals surface area contributed by atoms with E-state index >= 15 is 0 Å². The van der Waals surface area contributed by atoms with Gasteiger partial charge in [0.05, 0.1) is 44.5 Å². The SMILES string of the molecule is CCNC(=O)Nc1ccc2ncc(-c3cnn(CCOCCOC)c3)nc2n1. The molecule has 2 N–H and O–H groups in total. The maximum atomic E-state index is 11.7. The molecule has 0 aliphatic rings. The maximum absolute atomic E-state index is 11.7. The maximum Gasteiger partial charge on any atom is 0.320 e. The zero-order chi connectivity index (χ0) is 19.8. The van der Waals surface area contributed by atoms with E-state index in [0.29, 0.717) is 55.6 Å². The third-order valence-corrected chi connectivity index (χ3v) is 3.81. The Balaban J connectivity index is 1.70. The lowest BCUT2D eigenvalue weighted by atomic mass is 10.2. The van der Waals surface area contributed by atoms with Gasteiger partial charge in [0, 0.05) is 25.4 Å². The molecule has 0 spiro atoms. The number of urea groups is 1. The average Bonchev–Trinajstić information content (AvgIpc) is 3.16. The normalized spacial score (nSPS) is 10.9. The van der Waals surface area contributed by atoms with Gasteiger partial charge in [-0.3, -0.25) is 15.0 Å². The van der Waals surface area contributed by atoms with E-state index in [1.807, 2.05) is 13.1 Å². The van der Waals surface area contributed by atoms with Crippen LogP contribution in [0.15, 0.2) is 30.7 Å². The van der Waals surface area contributed by atoms with Gasteiger partial charge < -0.3 is 14.8 Å². The Labute approximate surface area is 162 Å². The van der Waals surface area contributed by atoms with Gasteiger partial charge in [0.1, 0.15) is 11.3 Å². The molecule has 10 heteroatoms. The third-order valence-electron chi connectivity index (χ3n) is 3.81. The van der Waals surface area contributed by atoms with Crippen LogP contribution in [0.4, 0.5) is 10.6 Å². The van der Waals surface area contributed by atoms with Gasteiger partial charge in [-0.2, -0.15) is 5.10 Å². The number of anilines is 1. The number of nitrogens with one attached hydrogen (secondary N) is 2. The number of amides is 2. The van der Waals surface area contributed by atoms with E-state index in [1.54, 1.807) is 36.3 Å². The summed E-state index contributed by atoms with van der Waals surface area (Å²) < 4.78 is 12.2. The van der Waals surface area contributed by atoms with Gasteiger partial charge in [-0.05, 0) is 19.1 Å². The lowest BCUT2D eigenvalue weighted by molar-refractivity contribution is 0.0654. The van der Waals surface area contributed by atoms with Gasteiger partial charge in [0.15, 0.2) is 5.65 Å². The van der Waals surface area contributed by atoms with Crippen LogP contribution in [0.3, 0.4) is 0 Å². The van der Waals surface area contributed by atoms with Crippen LogP contribution in [0.2, 0.25) is 0 Å². The molecule has 3 aromatic heterocycles. The van der Waals surface area contributed by atoms with Crippen molar-refractivity contribution in [2.24, 2.45) is 0 Å². The number of hydrogen-bond acceptors (Lipinski definition) is 7. The molecule has 0 fully saturated rings. The lowest BCUT2D eigenvalue weighted by Crippen LogP contribution is -2.28. The first kappa shape index (κ1) is 19.6. The number of pyridine rings is 1. The number of carbonyl (C=O) groups excluding carboxylic acids is 1. The number of carbonyl (C=O) groups is 1. The second-order valence-electron chi connectivity index (χ2n) is 5.88. The van der Waals surface area contributed by atoms with E-state index in [4.69, 9.17) is 9.47 Å². The highest BCUT2D eigenvalue weighted by atomic mass is 16.5. The Morgan fingerprint density at radius 3 is 2.89 bits per heavy atom. The van der Waals surface area contributed by atoms with Crippen molar-refractivity contribution in [1.29, 1.82) is 0 Å². The molecule has 10 nitrogen and oxygen atoms in total. The highest BCUT2D eigenvalue weighted by Crippen LogP contribution is 2.19. The number of fused-ring (bicyclic) bond motifs is 1. The summed E-state index contributed by atoms with van der Waals surface area (Å²) in [6.45, 7) is 4.68. The van der Waals surface area contributed by atoms with Crippen molar-refractivity contribution in [3.8, 4) is 11.3 Å². The quantitative estimate of drug-likeness (QED) is 0.538. The van der Waals surface area contributed by atoms with Crippen LogP contribution < -0.4 is 10.6 Å². The van der Waals surface area contributed by atoms with Crippen LogP contribution in [-0.4, -0.2) is 64.2 Å². The summed E-state index contributed by atoms with van der Waals surface area (Å²) in [4.78, 5) is 25.0. The Morgan fingerprint density at radius 2 is 2.07 bits per heavy atom. The molecule has 0 unspecified atom stereocenters. The topological polar surface area (TPSA) is 116 Å². The molecule has 0 aromatic carbocycles. The van der Waals surface area contributed by atoms with E-state index < -0.39 is 0 Å². The molecule has 0 atom stereocenters. The summed E-state index contributed by atoms with van der Waals surface area (Å²) in [5, 5.41) is 9.64. The molecule has 0 bridgehead atoms.